The Hall–Kier alpha value is -4.06. The van der Waals surface area contributed by atoms with E-state index in [0.717, 1.165) is 39.9 Å². The smallest absolute Gasteiger partial charge is 0.314 e. The molecule has 1 N–H and O–H groups in total. The highest BCUT2D eigenvalue weighted by atomic mass is 16.5. The van der Waals surface area contributed by atoms with Crippen LogP contribution in [0, 0.1) is 11.8 Å². The second-order valence-corrected chi connectivity index (χ2v) is 9.61. The van der Waals surface area contributed by atoms with Crippen LogP contribution in [0.5, 0.6) is 0 Å². The largest absolute Gasteiger partial charge is 0.481 e. The van der Waals surface area contributed by atoms with Gasteiger partial charge in [0.05, 0.1) is 17.2 Å². The molecule has 0 radical (unpaired) electrons. The number of nitrogens with zero attached hydrogens (tertiary/aromatic N) is 2. The van der Waals surface area contributed by atoms with Crippen molar-refractivity contribution >= 4 is 5.97 Å². The zero-order valence-electron chi connectivity index (χ0n) is 20.2. The zero-order chi connectivity index (χ0) is 25.1. The van der Waals surface area contributed by atoms with Gasteiger partial charge in [-0.3, -0.25) is 4.79 Å². The van der Waals surface area contributed by atoms with Gasteiger partial charge in [0.25, 0.3) is 0 Å². The SMILES string of the molecule is Cc1noc(-c2ccc(-c3ccc(C4(C(=O)O)CC4)cc3)cc2)c1CC(CCc1ccccc1)N=O. The third-order valence-corrected chi connectivity index (χ3v) is 7.26. The molecule has 1 fully saturated rings. The average molecular weight is 481 g/mol. The van der Waals surface area contributed by atoms with Crippen molar-refractivity contribution < 1.29 is 14.4 Å². The summed E-state index contributed by atoms with van der Waals surface area (Å²) in [4.78, 5) is 23.2. The van der Waals surface area contributed by atoms with Gasteiger partial charge in [-0.2, -0.15) is 4.91 Å². The Kier molecular flexibility index (Phi) is 6.51. The molecule has 1 saturated carbocycles. The van der Waals surface area contributed by atoms with Crippen LogP contribution in [0.1, 0.15) is 41.6 Å². The highest BCUT2D eigenvalue weighted by Gasteiger charge is 2.51. The van der Waals surface area contributed by atoms with E-state index in [9.17, 15) is 14.8 Å². The number of benzene rings is 3. The average Bonchev–Trinajstić information content (AvgIpc) is 3.66. The van der Waals surface area contributed by atoms with Crippen molar-refractivity contribution in [3.8, 4) is 22.5 Å². The van der Waals surface area contributed by atoms with E-state index in [2.05, 4.69) is 22.5 Å². The minimum atomic E-state index is -0.746. The molecule has 6 nitrogen and oxygen atoms in total. The van der Waals surface area contributed by atoms with E-state index in [4.69, 9.17) is 4.52 Å². The Bertz CT molecular complexity index is 1350. The maximum absolute atomic E-state index is 11.6. The lowest BCUT2D eigenvalue weighted by atomic mass is 9.93. The fourth-order valence-corrected chi connectivity index (χ4v) is 4.81. The molecule has 3 aromatic carbocycles. The van der Waals surface area contributed by atoms with Crippen molar-refractivity contribution in [3.05, 3.63) is 106 Å². The predicted octanol–water partition coefficient (Wildman–Crippen LogP) is 6.74. The number of aromatic nitrogens is 1. The maximum atomic E-state index is 11.6. The fourth-order valence-electron chi connectivity index (χ4n) is 4.81. The third kappa shape index (κ3) is 4.71. The number of hydrogen-bond donors (Lipinski definition) is 1. The molecular formula is C30H28N2O4. The molecule has 0 spiro atoms. The first-order valence-electron chi connectivity index (χ1n) is 12.3. The van der Waals surface area contributed by atoms with Gasteiger partial charge in [-0.15, -0.1) is 0 Å². The van der Waals surface area contributed by atoms with Crippen molar-refractivity contribution in [2.45, 2.75) is 50.5 Å². The Balaban J connectivity index is 1.31. The molecule has 0 saturated heterocycles. The van der Waals surface area contributed by atoms with E-state index in [0.29, 0.717) is 31.4 Å². The molecule has 36 heavy (non-hydrogen) atoms. The molecule has 0 bridgehead atoms. The van der Waals surface area contributed by atoms with Gasteiger partial charge in [0.1, 0.15) is 0 Å². The molecule has 1 aromatic heterocycles. The van der Waals surface area contributed by atoms with Crippen LogP contribution in [0.4, 0.5) is 0 Å². The Labute approximate surface area is 209 Å². The first kappa shape index (κ1) is 23.7. The summed E-state index contributed by atoms with van der Waals surface area (Å²) >= 11 is 0. The molecule has 1 aliphatic rings. The molecule has 1 aliphatic carbocycles. The molecule has 1 heterocycles. The lowest BCUT2D eigenvalue weighted by molar-refractivity contribution is -0.140. The molecule has 6 heteroatoms. The number of carboxylic acids is 1. The normalized spacial score (nSPS) is 14.8. The van der Waals surface area contributed by atoms with Crippen molar-refractivity contribution in [2.24, 2.45) is 5.18 Å². The number of carboxylic acid groups (broad SMARTS) is 1. The number of carbonyl (C=O) groups is 1. The van der Waals surface area contributed by atoms with Crippen LogP contribution >= 0.6 is 0 Å². The van der Waals surface area contributed by atoms with Crippen molar-refractivity contribution in [2.75, 3.05) is 0 Å². The van der Waals surface area contributed by atoms with E-state index in [-0.39, 0.29) is 6.04 Å². The molecule has 0 amide bonds. The molecule has 1 unspecified atom stereocenters. The predicted molar refractivity (Wildman–Crippen MR) is 139 cm³/mol. The summed E-state index contributed by atoms with van der Waals surface area (Å²) in [5.74, 6) is -0.0789. The Morgan fingerprint density at radius 2 is 1.58 bits per heavy atom. The van der Waals surface area contributed by atoms with Gasteiger partial charge in [0.15, 0.2) is 5.76 Å². The minimum Gasteiger partial charge on any atom is -0.481 e. The minimum absolute atomic E-state index is 0.361. The highest BCUT2D eigenvalue weighted by Crippen LogP contribution is 2.48. The van der Waals surface area contributed by atoms with Gasteiger partial charge in [-0.05, 0) is 54.9 Å². The third-order valence-electron chi connectivity index (χ3n) is 7.26. The van der Waals surface area contributed by atoms with Crippen molar-refractivity contribution in [1.29, 1.82) is 0 Å². The Morgan fingerprint density at radius 3 is 2.17 bits per heavy atom. The number of aliphatic carboxylic acids is 1. The van der Waals surface area contributed by atoms with Gasteiger partial charge in [-0.1, -0.05) is 89.2 Å². The first-order chi connectivity index (χ1) is 17.5. The summed E-state index contributed by atoms with van der Waals surface area (Å²) < 4.78 is 5.67. The van der Waals surface area contributed by atoms with Crippen molar-refractivity contribution in [3.63, 3.8) is 0 Å². The summed E-state index contributed by atoms with van der Waals surface area (Å²) in [6, 6.07) is 25.5. The second-order valence-electron chi connectivity index (χ2n) is 9.61. The number of aryl methyl sites for hydroxylation is 2. The first-order valence-corrected chi connectivity index (χ1v) is 12.3. The van der Waals surface area contributed by atoms with Crippen LogP contribution in [-0.4, -0.2) is 22.3 Å². The zero-order valence-corrected chi connectivity index (χ0v) is 20.2. The summed E-state index contributed by atoms with van der Waals surface area (Å²) in [5, 5.41) is 17.1. The van der Waals surface area contributed by atoms with Gasteiger partial charge in [0.2, 0.25) is 0 Å². The van der Waals surface area contributed by atoms with Gasteiger partial charge in [0, 0.05) is 17.5 Å². The summed E-state index contributed by atoms with van der Waals surface area (Å²) in [6.45, 7) is 1.89. The van der Waals surface area contributed by atoms with Crippen LogP contribution < -0.4 is 0 Å². The quantitative estimate of drug-likeness (QED) is 0.254. The lowest BCUT2D eigenvalue weighted by Gasteiger charge is -2.11. The molecular weight excluding hydrogens is 452 g/mol. The number of nitroso groups, excluding NO2 is 1. The monoisotopic (exact) mass is 480 g/mol. The fraction of sp³-hybridized carbons (Fsp3) is 0.267. The second kappa shape index (κ2) is 9.90. The van der Waals surface area contributed by atoms with E-state index in [1.807, 2.05) is 73.7 Å². The van der Waals surface area contributed by atoms with Crippen LogP contribution in [0.25, 0.3) is 22.5 Å². The lowest BCUT2D eigenvalue weighted by Crippen LogP contribution is -2.19. The molecule has 0 aliphatic heterocycles. The molecule has 4 aromatic rings. The van der Waals surface area contributed by atoms with E-state index >= 15 is 0 Å². The van der Waals surface area contributed by atoms with E-state index in [1.54, 1.807) is 0 Å². The van der Waals surface area contributed by atoms with Gasteiger partial charge >= 0.3 is 5.97 Å². The summed E-state index contributed by atoms with van der Waals surface area (Å²) in [7, 11) is 0. The van der Waals surface area contributed by atoms with Gasteiger partial charge in [-0.25, -0.2) is 0 Å². The highest BCUT2D eigenvalue weighted by molar-refractivity contribution is 5.85. The van der Waals surface area contributed by atoms with Gasteiger partial charge < -0.3 is 9.63 Å². The van der Waals surface area contributed by atoms with E-state index < -0.39 is 11.4 Å². The Morgan fingerprint density at radius 1 is 0.972 bits per heavy atom. The number of hydrogen-bond acceptors (Lipinski definition) is 5. The molecule has 5 rings (SSSR count). The number of rotatable bonds is 10. The molecule has 182 valence electrons. The summed E-state index contributed by atoms with van der Waals surface area (Å²) in [6.07, 6.45) is 3.33. The molecule has 1 atom stereocenters. The van der Waals surface area contributed by atoms with Crippen molar-refractivity contribution in [1.82, 2.24) is 5.16 Å². The van der Waals surface area contributed by atoms with E-state index in [1.165, 1.54) is 5.56 Å². The van der Waals surface area contributed by atoms with Crippen LogP contribution in [-0.2, 0) is 23.1 Å². The maximum Gasteiger partial charge on any atom is 0.314 e. The van der Waals surface area contributed by atoms with Crippen LogP contribution in [0.15, 0.2) is 88.6 Å². The standard InChI is InChI=1S/C30H28N2O4/c1-20-27(19-26(31-35)16-7-21-5-3-2-4-6-21)28(36-32-20)24-10-8-22(9-11-24)23-12-14-25(15-13-23)30(17-18-30)29(33)34/h2-6,8-15,26H,7,16-19H2,1H3,(H,33,34). The topological polar surface area (TPSA) is 92.8 Å². The van der Waals surface area contributed by atoms with Crippen LogP contribution in [0.2, 0.25) is 0 Å². The summed E-state index contributed by atoms with van der Waals surface area (Å²) in [5.41, 5.74) is 5.97. The van der Waals surface area contributed by atoms with Crippen LogP contribution in [0.3, 0.4) is 0 Å².